The first-order valence-electron chi connectivity index (χ1n) is 6.11. The molecule has 5 heteroatoms. The van der Waals surface area contributed by atoms with Gasteiger partial charge in [-0.1, -0.05) is 23.9 Å². The molecule has 2 aromatic carbocycles. The Bertz CT molecular complexity index is 616. The van der Waals surface area contributed by atoms with Crippen molar-refractivity contribution >= 4 is 11.8 Å². The van der Waals surface area contributed by atoms with E-state index < -0.39 is 17.5 Å². The second-order valence-electron chi connectivity index (χ2n) is 4.35. The van der Waals surface area contributed by atoms with E-state index in [2.05, 4.69) is 5.32 Å². The summed E-state index contributed by atoms with van der Waals surface area (Å²) in [5.74, 6) is -1.76. The maximum atomic E-state index is 14.0. The molecule has 0 radical (unpaired) electrons. The maximum absolute atomic E-state index is 14.0. The summed E-state index contributed by atoms with van der Waals surface area (Å²) in [5.41, 5.74) is 0.737. The SMILES string of the molecule is CNC(C)c1cccc(F)c1Sc1ccc(F)cc1F. The van der Waals surface area contributed by atoms with Crippen LogP contribution in [0.1, 0.15) is 18.5 Å². The summed E-state index contributed by atoms with van der Waals surface area (Å²) in [6.07, 6.45) is 0. The molecular weight excluding hydrogens is 283 g/mol. The van der Waals surface area contributed by atoms with E-state index in [1.54, 1.807) is 19.2 Å². The van der Waals surface area contributed by atoms with Gasteiger partial charge in [0.25, 0.3) is 0 Å². The van der Waals surface area contributed by atoms with Crippen LogP contribution in [0.5, 0.6) is 0 Å². The first-order valence-corrected chi connectivity index (χ1v) is 6.93. The zero-order valence-corrected chi connectivity index (χ0v) is 11.9. The molecule has 0 bridgehead atoms. The molecule has 0 aliphatic rings. The van der Waals surface area contributed by atoms with E-state index >= 15 is 0 Å². The smallest absolute Gasteiger partial charge is 0.140 e. The Labute approximate surface area is 120 Å². The molecule has 0 saturated carbocycles. The molecule has 0 heterocycles. The lowest BCUT2D eigenvalue weighted by Gasteiger charge is -2.16. The van der Waals surface area contributed by atoms with Gasteiger partial charge in [0.15, 0.2) is 0 Å². The van der Waals surface area contributed by atoms with Crippen molar-refractivity contribution in [2.45, 2.75) is 22.8 Å². The van der Waals surface area contributed by atoms with Gasteiger partial charge in [-0.3, -0.25) is 0 Å². The van der Waals surface area contributed by atoms with Crippen LogP contribution in [-0.4, -0.2) is 7.05 Å². The molecular formula is C15H14F3NS. The molecule has 0 aliphatic carbocycles. The van der Waals surface area contributed by atoms with E-state index in [9.17, 15) is 13.2 Å². The Kier molecular flexibility index (Phi) is 4.73. The lowest BCUT2D eigenvalue weighted by molar-refractivity contribution is 0.563. The Hall–Kier alpha value is -1.46. The number of nitrogens with one attached hydrogen (secondary N) is 1. The standard InChI is InChI=1S/C15H14F3NS/c1-9(19-2)11-4-3-5-12(17)15(11)20-14-7-6-10(16)8-13(14)18/h3-9,19H,1-2H3. The third kappa shape index (κ3) is 3.16. The first kappa shape index (κ1) is 14.9. The van der Waals surface area contributed by atoms with Crippen molar-refractivity contribution in [2.24, 2.45) is 0 Å². The zero-order valence-electron chi connectivity index (χ0n) is 11.1. The minimum Gasteiger partial charge on any atom is -0.313 e. The van der Waals surface area contributed by atoms with E-state index in [0.717, 1.165) is 29.5 Å². The fourth-order valence-corrected chi connectivity index (χ4v) is 2.84. The van der Waals surface area contributed by atoms with Crippen LogP contribution in [0.4, 0.5) is 13.2 Å². The molecule has 0 saturated heterocycles. The predicted octanol–water partition coefficient (Wildman–Crippen LogP) is 4.54. The van der Waals surface area contributed by atoms with E-state index in [-0.39, 0.29) is 10.9 Å². The molecule has 106 valence electrons. The summed E-state index contributed by atoms with van der Waals surface area (Å²) in [6.45, 7) is 1.89. The summed E-state index contributed by atoms with van der Waals surface area (Å²) >= 11 is 0.963. The van der Waals surface area contributed by atoms with Gasteiger partial charge in [-0.15, -0.1) is 0 Å². The molecule has 2 rings (SSSR count). The van der Waals surface area contributed by atoms with Crippen LogP contribution in [0.25, 0.3) is 0 Å². The van der Waals surface area contributed by atoms with E-state index in [4.69, 9.17) is 0 Å². The molecule has 2 aromatic rings. The normalized spacial score (nSPS) is 12.4. The van der Waals surface area contributed by atoms with Crippen LogP contribution in [0.3, 0.4) is 0 Å². The van der Waals surface area contributed by atoms with Gasteiger partial charge >= 0.3 is 0 Å². The van der Waals surface area contributed by atoms with Gasteiger partial charge in [0.1, 0.15) is 17.5 Å². The molecule has 1 nitrogen and oxygen atoms in total. The third-order valence-corrected chi connectivity index (χ3v) is 4.19. The van der Waals surface area contributed by atoms with Gasteiger partial charge in [0, 0.05) is 17.0 Å². The Morgan fingerprint density at radius 2 is 1.80 bits per heavy atom. The largest absolute Gasteiger partial charge is 0.313 e. The minimum atomic E-state index is -0.693. The molecule has 1 N–H and O–H groups in total. The van der Waals surface area contributed by atoms with Crippen molar-refractivity contribution in [1.82, 2.24) is 5.32 Å². The molecule has 1 unspecified atom stereocenters. The molecule has 20 heavy (non-hydrogen) atoms. The quantitative estimate of drug-likeness (QED) is 0.889. The third-order valence-electron chi connectivity index (χ3n) is 3.00. The summed E-state index contributed by atoms with van der Waals surface area (Å²) in [7, 11) is 1.77. The van der Waals surface area contributed by atoms with Gasteiger partial charge in [0.05, 0.1) is 4.90 Å². The van der Waals surface area contributed by atoms with Crippen molar-refractivity contribution in [3.05, 3.63) is 59.4 Å². The highest BCUT2D eigenvalue weighted by Crippen LogP contribution is 2.36. The molecule has 0 aliphatic heterocycles. The van der Waals surface area contributed by atoms with Gasteiger partial charge in [-0.25, -0.2) is 13.2 Å². The van der Waals surface area contributed by atoms with E-state index in [1.807, 2.05) is 6.92 Å². The van der Waals surface area contributed by atoms with Crippen LogP contribution >= 0.6 is 11.8 Å². The number of halogens is 3. The van der Waals surface area contributed by atoms with Crippen molar-refractivity contribution in [3.63, 3.8) is 0 Å². The van der Waals surface area contributed by atoms with Gasteiger partial charge in [-0.05, 0) is 37.7 Å². The van der Waals surface area contributed by atoms with Gasteiger partial charge < -0.3 is 5.32 Å². The number of hydrogen-bond donors (Lipinski definition) is 1. The second-order valence-corrected chi connectivity index (χ2v) is 5.40. The van der Waals surface area contributed by atoms with Crippen LogP contribution in [-0.2, 0) is 0 Å². The first-order chi connectivity index (χ1) is 9.52. The number of rotatable bonds is 4. The Balaban J connectivity index is 2.42. The fraction of sp³-hybridized carbons (Fsp3) is 0.200. The van der Waals surface area contributed by atoms with Crippen LogP contribution in [0.15, 0.2) is 46.2 Å². The number of benzene rings is 2. The zero-order chi connectivity index (χ0) is 14.7. The van der Waals surface area contributed by atoms with Crippen molar-refractivity contribution < 1.29 is 13.2 Å². The lowest BCUT2D eigenvalue weighted by atomic mass is 10.1. The molecule has 0 amide bonds. The van der Waals surface area contributed by atoms with Gasteiger partial charge in [0.2, 0.25) is 0 Å². The second kappa shape index (κ2) is 6.33. The molecule has 0 fully saturated rings. The highest BCUT2D eigenvalue weighted by atomic mass is 32.2. The minimum absolute atomic E-state index is 0.0725. The molecule has 0 aromatic heterocycles. The van der Waals surface area contributed by atoms with E-state index in [1.165, 1.54) is 12.1 Å². The highest BCUT2D eigenvalue weighted by Gasteiger charge is 2.16. The summed E-state index contributed by atoms with van der Waals surface area (Å²) < 4.78 is 40.6. The van der Waals surface area contributed by atoms with Gasteiger partial charge in [-0.2, -0.15) is 0 Å². The Morgan fingerprint density at radius 3 is 2.45 bits per heavy atom. The highest BCUT2D eigenvalue weighted by molar-refractivity contribution is 7.99. The van der Waals surface area contributed by atoms with Crippen molar-refractivity contribution in [1.29, 1.82) is 0 Å². The summed E-state index contributed by atoms with van der Waals surface area (Å²) in [5, 5.41) is 3.02. The monoisotopic (exact) mass is 297 g/mol. The van der Waals surface area contributed by atoms with E-state index in [0.29, 0.717) is 4.90 Å². The topological polar surface area (TPSA) is 12.0 Å². The maximum Gasteiger partial charge on any atom is 0.140 e. The van der Waals surface area contributed by atoms with Crippen LogP contribution < -0.4 is 5.32 Å². The van der Waals surface area contributed by atoms with Crippen LogP contribution in [0.2, 0.25) is 0 Å². The van der Waals surface area contributed by atoms with Crippen molar-refractivity contribution in [2.75, 3.05) is 7.05 Å². The Morgan fingerprint density at radius 1 is 1.05 bits per heavy atom. The summed E-state index contributed by atoms with van der Waals surface area (Å²) in [6, 6.07) is 7.93. The molecule has 1 atom stereocenters. The van der Waals surface area contributed by atoms with Crippen LogP contribution in [0, 0.1) is 17.5 Å². The molecule has 0 spiro atoms. The lowest BCUT2D eigenvalue weighted by Crippen LogP contribution is -2.13. The fourth-order valence-electron chi connectivity index (χ4n) is 1.80. The number of hydrogen-bond acceptors (Lipinski definition) is 2. The summed E-state index contributed by atoms with van der Waals surface area (Å²) in [4.78, 5) is 0.543. The predicted molar refractivity (Wildman–Crippen MR) is 74.4 cm³/mol. The average Bonchev–Trinajstić information content (AvgIpc) is 2.42. The average molecular weight is 297 g/mol. The van der Waals surface area contributed by atoms with Crippen molar-refractivity contribution in [3.8, 4) is 0 Å².